The molecule has 6 heteroatoms. The molecule has 0 spiro atoms. The summed E-state index contributed by atoms with van der Waals surface area (Å²) in [6.07, 6.45) is 0.500. The Kier molecular flexibility index (Phi) is 4.79. The molecule has 0 atom stereocenters. The summed E-state index contributed by atoms with van der Waals surface area (Å²) in [6, 6.07) is 15.9. The quantitative estimate of drug-likeness (QED) is 0.673. The van der Waals surface area contributed by atoms with Gasteiger partial charge in [0.25, 0.3) is 11.8 Å². The van der Waals surface area contributed by atoms with Gasteiger partial charge in [0.15, 0.2) is 0 Å². The highest BCUT2D eigenvalue weighted by molar-refractivity contribution is 6.21. The molecule has 0 aromatic heterocycles. The molecule has 1 N–H and O–H groups in total. The van der Waals surface area contributed by atoms with Crippen molar-refractivity contribution in [3.63, 3.8) is 0 Å². The van der Waals surface area contributed by atoms with Crippen LogP contribution in [0.1, 0.15) is 27.1 Å². The zero-order valence-electron chi connectivity index (χ0n) is 13.9. The van der Waals surface area contributed by atoms with Crippen molar-refractivity contribution in [3.05, 3.63) is 65.7 Å². The zero-order valence-corrected chi connectivity index (χ0v) is 13.9. The third-order valence-corrected chi connectivity index (χ3v) is 4.16. The van der Waals surface area contributed by atoms with E-state index in [-0.39, 0.29) is 24.4 Å². The minimum atomic E-state index is -0.270. The van der Waals surface area contributed by atoms with Gasteiger partial charge < -0.3 is 5.32 Å². The number of rotatable bonds is 5. The molecule has 1 aliphatic rings. The van der Waals surface area contributed by atoms with Gasteiger partial charge in [-0.25, -0.2) is 4.79 Å². The second-order valence-corrected chi connectivity index (χ2v) is 5.79. The molecule has 3 rings (SSSR count). The molecule has 1 aliphatic heterocycles. The molecule has 0 aliphatic carbocycles. The van der Waals surface area contributed by atoms with Gasteiger partial charge in [-0.2, -0.15) is 0 Å². The number of anilines is 1. The van der Waals surface area contributed by atoms with Crippen LogP contribution in [-0.4, -0.2) is 42.9 Å². The van der Waals surface area contributed by atoms with Crippen LogP contribution in [0.5, 0.6) is 0 Å². The summed E-state index contributed by atoms with van der Waals surface area (Å²) in [7, 11) is 1.69. The fraction of sp³-hybridized carbons (Fsp3) is 0.211. The fourth-order valence-electron chi connectivity index (χ4n) is 2.76. The van der Waals surface area contributed by atoms with Crippen LogP contribution in [0.15, 0.2) is 54.6 Å². The number of amides is 4. The lowest BCUT2D eigenvalue weighted by atomic mass is 10.1. The third-order valence-electron chi connectivity index (χ3n) is 4.16. The van der Waals surface area contributed by atoms with Crippen molar-refractivity contribution in [2.24, 2.45) is 0 Å². The average Bonchev–Trinajstić information content (AvgIpc) is 2.90. The van der Waals surface area contributed by atoms with Gasteiger partial charge in [0.05, 0.1) is 11.1 Å². The molecule has 4 amide bonds. The first-order chi connectivity index (χ1) is 12.1. The first kappa shape index (κ1) is 16.7. The van der Waals surface area contributed by atoms with E-state index in [4.69, 9.17) is 0 Å². The van der Waals surface area contributed by atoms with Gasteiger partial charge in [-0.1, -0.05) is 30.3 Å². The molecule has 0 fully saturated rings. The Morgan fingerprint density at radius 1 is 0.960 bits per heavy atom. The van der Waals surface area contributed by atoms with E-state index in [0.717, 1.165) is 5.69 Å². The number of hydrogen-bond donors (Lipinski definition) is 1. The molecule has 0 unspecified atom stereocenters. The van der Waals surface area contributed by atoms with Crippen molar-refractivity contribution >= 4 is 23.5 Å². The van der Waals surface area contributed by atoms with Crippen LogP contribution in [0.2, 0.25) is 0 Å². The second kappa shape index (κ2) is 7.17. The smallest absolute Gasteiger partial charge is 0.321 e. The van der Waals surface area contributed by atoms with E-state index >= 15 is 0 Å². The number of nitrogens with zero attached hydrogens (tertiary/aromatic N) is 2. The van der Waals surface area contributed by atoms with Crippen LogP contribution < -0.4 is 10.2 Å². The number of para-hydroxylation sites is 1. The van der Waals surface area contributed by atoms with E-state index in [1.165, 1.54) is 9.80 Å². The normalized spacial score (nSPS) is 12.9. The Labute approximate surface area is 146 Å². The van der Waals surface area contributed by atoms with Crippen molar-refractivity contribution in [2.75, 3.05) is 25.0 Å². The summed E-state index contributed by atoms with van der Waals surface area (Å²) in [4.78, 5) is 39.3. The highest BCUT2D eigenvalue weighted by Crippen LogP contribution is 2.22. The van der Waals surface area contributed by atoms with E-state index in [9.17, 15) is 14.4 Å². The molecule has 0 saturated carbocycles. The molecule has 2 aromatic rings. The summed E-state index contributed by atoms with van der Waals surface area (Å²) in [5.41, 5.74) is 1.68. The molecule has 2 aromatic carbocycles. The fourth-order valence-corrected chi connectivity index (χ4v) is 2.76. The Hall–Kier alpha value is -3.15. The van der Waals surface area contributed by atoms with Crippen molar-refractivity contribution < 1.29 is 14.4 Å². The van der Waals surface area contributed by atoms with Crippen molar-refractivity contribution in [3.8, 4) is 0 Å². The molecule has 0 saturated heterocycles. The standard InChI is InChI=1S/C19H19N3O3/c1-21(14-8-3-2-4-9-14)19(25)20-12-7-13-22-17(23)15-10-5-6-11-16(15)18(22)24/h2-6,8-11H,7,12-13H2,1H3,(H,20,25). The maximum Gasteiger partial charge on any atom is 0.321 e. The molecule has 1 heterocycles. The Balaban J connectivity index is 1.49. The number of urea groups is 1. The minimum absolute atomic E-state index is 0.228. The predicted octanol–water partition coefficient (Wildman–Crippen LogP) is 2.52. The second-order valence-electron chi connectivity index (χ2n) is 5.79. The molecular weight excluding hydrogens is 318 g/mol. The summed E-state index contributed by atoms with van der Waals surface area (Å²) in [5.74, 6) is -0.540. The van der Waals surface area contributed by atoms with Gasteiger partial charge >= 0.3 is 6.03 Å². The largest absolute Gasteiger partial charge is 0.338 e. The number of benzene rings is 2. The van der Waals surface area contributed by atoms with Crippen LogP contribution in [0.3, 0.4) is 0 Å². The van der Waals surface area contributed by atoms with Gasteiger partial charge in [0.1, 0.15) is 0 Å². The van der Waals surface area contributed by atoms with Crippen molar-refractivity contribution in [1.82, 2.24) is 10.2 Å². The van der Waals surface area contributed by atoms with Crippen LogP contribution >= 0.6 is 0 Å². The topological polar surface area (TPSA) is 69.7 Å². The molecule has 6 nitrogen and oxygen atoms in total. The summed E-state index contributed by atoms with van der Waals surface area (Å²) in [6.45, 7) is 0.658. The van der Waals surface area contributed by atoms with Crippen LogP contribution in [0, 0.1) is 0 Å². The van der Waals surface area contributed by atoms with Gasteiger partial charge in [-0.05, 0) is 30.7 Å². The number of nitrogens with one attached hydrogen (secondary N) is 1. The van der Waals surface area contributed by atoms with E-state index in [1.807, 2.05) is 30.3 Å². The lowest BCUT2D eigenvalue weighted by molar-refractivity contribution is 0.0653. The first-order valence-electron chi connectivity index (χ1n) is 8.11. The number of imide groups is 1. The van der Waals surface area contributed by atoms with Crippen molar-refractivity contribution in [1.29, 1.82) is 0 Å². The van der Waals surface area contributed by atoms with E-state index in [0.29, 0.717) is 24.1 Å². The summed E-state index contributed by atoms with van der Waals surface area (Å²) < 4.78 is 0. The molecule has 128 valence electrons. The monoisotopic (exact) mass is 337 g/mol. The Bertz CT molecular complexity index is 770. The number of hydrogen-bond acceptors (Lipinski definition) is 3. The van der Waals surface area contributed by atoms with Gasteiger partial charge in [0, 0.05) is 25.8 Å². The number of carbonyl (C=O) groups excluding carboxylic acids is 3. The summed E-state index contributed by atoms with van der Waals surface area (Å²) >= 11 is 0. The molecule has 0 radical (unpaired) electrons. The number of fused-ring (bicyclic) bond motifs is 1. The molecular formula is C19H19N3O3. The maximum absolute atomic E-state index is 12.2. The van der Waals surface area contributed by atoms with E-state index in [1.54, 1.807) is 31.3 Å². The maximum atomic E-state index is 12.2. The average molecular weight is 337 g/mol. The number of carbonyl (C=O) groups is 3. The molecule has 25 heavy (non-hydrogen) atoms. The van der Waals surface area contributed by atoms with Gasteiger partial charge in [0.2, 0.25) is 0 Å². The molecule has 0 bridgehead atoms. The highest BCUT2D eigenvalue weighted by Gasteiger charge is 2.34. The van der Waals surface area contributed by atoms with E-state index in [2.05, 4.69) is 5.32 Å². The first-order valence-corrected chi connectivity index (χ1v) is 8.11. The van der Waals surface area contributed by atoms with Crippen molar-refractivity contribution in [2.45, 2.75) is 6.42 Å². The van der Waals surface area contributed by atoms with Gasteiger partial charge in [-0.15, -0.1) is 0 Å². The lowest BCUT2D eigenvalue weighted by Gasteiger charge is -2.19. The SMILES string of the molecule is CN(C(=O)NCCCN1C(=O)c2ccccc2C1=O)c1ccccc1. The van der Waals surface area contributed by atoms with Crippen LogP contribution in [0.4, 0.5) is 10.5 Å². The lowest BCUT2D eigenvalue weighted by Crippen LogP contribution is -2.39. The Morgan fingerprint density at radius 2 is 1.52 bits per heavy atom. The van der Waals surface area contributed by atoms with E-state index < -0.39 is 0 Å². The predicted molar refractivity (Wildman–Crippen MR) is 94.7 cm³/mol. The Morgan fingerprint density at radius 3 is 2.12 bits per heavy atom. The third kappa shape index (κ3) is 3.38. The van der Waals surface area contributed by atoms with Crippen LogP contribution in [0.25, 0.3) is 0 Å². The van der Waals surface area contributed by atoms with Gasteiger partial charge in [-0.3, -0.25) is 19.4 Å². The van der Waals surface area contributed by atoms with Crippen LogP contribution in [-0.2, 0) is 0 Å². The zero-order chi connectivity index (χ0) is 17.8. The highest BCUT2D eigenvalue weighted by atomic mass is 16.2. The summed E-state index contributed by atoms with van der Waals surface area (Å²) in [5, 5.41) is 2.79. The minimum Gasteiger partial charge on any atom is -0.338 e.